The standard InChI is InChI=1S/C17H23N7O/c1-2-3-5-18-15-13-21-14(12-22-15)16(25)23-8-10-24(11-9-23)17-19-6-4-7-20-17/h4,6-7,12-13H,2-3,5,8-11H2,1H3,(H,18,22). The van der Waals surface area contributed by atoms with E-state index in [-0.39, 0.29) is 5.91 Å². The van der Waals surface area contributed by atoms with E-state index in [9.17, 15) is 4.79 Å². The van der Waals surface area contributed by atoms with Gasteiger partial charge in [-0.2, -0.15) is 0 Å². The van der Waals surface area contributed by atoms with Crippen LogP contribution in [0.3, 0.4) is 0 Å². The second-order valence-corrected chi connectivity index (χ2v) is 5.90. The molecule has 0 aromatic carbocycles. The van der Waals surface area contributed by atoms with Crippen molar-refractivity contribution in [2.45, 2.75) is 19.8 Å². The van der Waals surface area contributed by atoms with Crippen LogP contribution in [0, 0.1) is 0 Å². The van der Waals surface area contributed by atoms with E-state index in [4.69, 9.17) is 0 Å². The molecule has 8 nitrogen and oxygen atoms in total. The zero-order valence-electron chi connectivity index (χ0n) is 14.4. The lowest BCUT2D eigenvalue weighted by Crippen LogP contribution is -2.49. The molecule has 1 aliphatic heterocycles. The molecule has 1 amide bonds. The maximum absolute atomic E-state index is 12.6. The molecule has 0 bridgehead atoms. The summed E-state index contributed by atoms with van der Waals surface area (Å²) in [6, 6.07) is 1.79. The molecule has 0 atom stereocenters. The molecule has 0 aliphatic carbocycles. The van der Waals surface area contributed by atoms with Crippen molar-refractivity contribution in [1.29, 1.82) is 0 Å². The molecule has 1 aliphatic rings. The number of carbonyl (C=O) groups is 1. The number of rotatable bonds is 6. The van der Waals surface area contributed by atoms with Gasteiger partial charge in [-0.15, -0.1) is 0 Å². The Balaban J connectivity index is 1.53. The van der Waals surface area contributed by atoms with E-state index in [1.54, 1.807) is 35.8 Å². The van der Waals surface area contributed by atoms with E-state index in [2.05, 4.69) is 37.1 Å². The minimum absolute atomic E-state index is 0.0822. The third-order valence-corrected chi connectivity index (χ3v) is 4.11. The number of unbranched alkanes of at least 4 members (excludes halogenated alkanes) is 1. The summed E-state index contributed by atoms with van der Waals surface area (Å²) in [4.78, 5) is 33.5. The van der Waals surface area contributed by atoms with Crippen molar-refractivity contribution in [1.82, 2.24) is 24.8 Å². The van der Waals surface area contributed by atoms with Crippen LogP contribution in [0.15, 0.2) is 30.9 Å². The molecule has 3 rings (SSSR count). The first-order valence-electron chi connectivity index (χ1n) is 8.65. The number of anilines is 2. The van der Waals surface area contributed by atoms with Crippen molar-refractivity contribution in [3.8, 4) is 0 Å². The number of amides is 1. The largest absolute Gasteiger partial charge is 0.369 e. The fourth-order valence-electron chi connectivity index (χ4n) is 2.65. The summed E-state index contributed by atoms with van der Waals surface area (Å²) in [6.07, 6.45) is 8.83. The van der Waals surface area contributed by atoms with E-state index >= 15 is 0 Å². The Hall–Kier alpha value is -2.77. The highest BCUT2D eigenvalue weighted by atomic mass is 16.2. The molecule has 3 heterocycles. The first kappa shape index (κ1) is 17.1. The zero-order valence-corrected chi connectivity index (χ0v) is 14.4. The fourth-order valence-corrected chi connectivity index (χ4v) is 2.65. The summed E-state index contributed by atoms with van der Waals surface area (Å²) in [6.45, 7) is 5.66. The van der Waals surface area contributed by atoms with Gasteiger partial charge < -0.3 is 15.1 Å². The summed E-state index contributed by atoms with van der Waals surface area (Å²) in [5.41, 5.74) is 0.380. The van der Waals surface area contributed by atoms with Crippen molar-refractivity contribution in [3.63, 3.8) is 0 Å². The predicted octanol–water partition coefficient (Wildman–Crippen LogP) is 1.44. The van der Waals surface area contributed by atoms with Gasteiger partial charge in [0.05, 0.1) is 12.4 Å². The van der Waals surface area contributed by atoms with Gasteiger partial charge >= 0.3 is 0 Å². The molecule has 1 saturated heterocycles. The lowest BCUT2D eigenvalue weighted by Gasteiger charge is -2.34. The molecular weight excluding hydrogens is 318 g/mol. The van der Waals surface area contributed by atoms with Crippen LogP contribution in [-0.2, 0) is 0 Å². The second kappa shape index (κ2) is 8.36. The Bertz CT molecular complexity index is 669. The van der Waals surface area contributed by atoms with Crippen LogP contribution in [0.25, 0.3) is 0 Å². The minimum atomic E-state index is -0.0822. The average molecular weight is 341 g/mol. The maximum Gasteiger partial charge on any atom is 0.274 e. The summed E-state index contributed by atoms with van der Waals surface area (Å²) >= 11 is 0. The van der Waals surface area contributed by atoms with Gasteiger partial charge in [0.15, 0.2) is 0 Å². The summed E-state index contributed by atoms with van der Waals surface area (Å²) < 4.78 is 0. The normalized spacial score (nSPS) is 14.4. The number of nitrogens with zero attached hydrogens (tertiary/aromatic N) is 6. The van der Waals surface area contributed by atoms with Crippen molar-refractivity contribution in [2.24, 2.45) is 0 Å². The number of carbonyl (C=O) groups excluding carboxylic acids is 1. The number of hydrogen-bond acceptors (Lipinski definition) is 7. The zero-order chi connectivity index (χ0) is 17.5. The molecule has 1 fully saturated rings. The maximum atomic E-state index is 12.6. The van der Waals surface area contributed by atoms with Crippen LogP contribution in [0.2, 0.25) is 0 Å². The third kappa shape index (κ3) is 4.40. The van der Waals surface area contributed by atoms with Crippen molar-refractivity contribution < 1.29 is 4.79 Å². The topological polar surface area (TPSA) is 87.1 Å². The molecule has 25 heavy (non-hydrogen) atoms. The fraction of sp³-hybridized carbons (Fsp3) is 0.471. The molecule has 0 radical (unpaired) electrons. The molecule has 132 valence electrons. The van der Waals surface area contributed by atoms with Crippen LogP contribution in [0.5, 0.6) is 0 Å². The Kier molecular flexibility index (Phi) is 5.71. The van der Waals surface area contributed by atoms with Crippen molar-refractivity contribution in [3.05, 3.63) is 36.5 Å². The van der Waals surface area contributed by atoms with Gasteiger partial charge in [-0.3, -0.25) is 4.79 Å². The lowest BCUT2D eigenvalue weighted by atomic mass is 10.3. The van der Waals surface area contributed by atoms with Crippen LogP contribution in [0.4, 0.5) is 11.8 Å². The SMILES string of the molecule is CCCCNc1cnc(C(=O)N2CCN(c3ncccn3)CC2)cn1. The Morgan fingerprint density at radius 1 is 1.08 bits per heavy atom. The van der Waals surface area contributed by atoms with Gasteiger partial charge in [-0.1, -0.05) is 13.3 Å². The first-order chi connectivity index (χ1) is 12.3. The first-order valence-corrected chi connectivity index (χ1v) is 8.65. The molecule has 0 unspecified atom stereocenters. The van der Waals surface area contributed by atoms with Gasteiger partial charge in [0.1, 0.15) is 11.5 Å². The summed E-state index contributed by atoms with van der Waals surface area (Å²) in [5.74, 6) is 1.33. The van der Waals surface area contributed by atoms with Gasteiger partial charge in [-0.05, 0) is 12.5 Å². The second-order valence-electron chi connectivity index (χ2n) is 5.90. The van der Waals surface area contributed by atoms with Crippen LogP contribution < -0.4 is 10.2 Å². The number of nitrogens with one attached hydrogen (secondary N) is 1. The van der Waals surface area contributed by atoms with Crippen molar-refractivity contribution in [2.75, 3.05) is 42.9 Å². The highest BCUT2D eigenvalue weighted by Gasteiger charge is 2.24. The van der Waals surface area contributed by atoms with Crippen LogP contribution >= 0.6 is 0 Å². The Morgan fingerprint density at radius 3 is 2.48 bits per heavy atom. The number of piperazine rings is 1. The highest BCUT2D eigenvalue weighted by molar-refractivity contribution is 5.92. The summed E-state index contributed by atoms with van der Waals surface area (Å²) in [5, 5.41) is 3.20. The quantitative estimate of drug-likeness (QED) is 0.796. The van der Waals surface area contributed by atoms with Gasteiger partial charge in [-0.25, -0.2) is 19.9 Å². The highest BCUT2D eigenvalue weighted by Crippen LogP contribution is 2.12. The molecule has 2 aromatic heterocycles. The third-order valence-electron chi connectivity index (χ3n) is 4.11. The van der Waals surface area contributed by atoms with E-state index in [1.165, 1.54) is 0 Å². The minimum Gasteiger partial charge on any atom is -0.369 e. The lowest BCUT2D eigenvalue weighted by molar-refractivity contribution is 0.0740. The monoisotopic (exact) mass is 341 g/mol. The number of hydrogen-bond donors (Lipinski definition) is 1. The van der Waals surface area contributed by atoms with E-state index in [1.807, 2.05) is 0 Å². The number of aromatic nitrogens is 4. The van der Waals surface area contributed by atoms with E-state index < -0.39 is 0 Å². The summed E-state index contributed by atoms with van der Waals surface area (Å²) in [7, 11) is 0. The predicted molar refractivity (Wildman–Crippen MR) is 95.6 cm³/mol. The van der Waals surface area contributed by atoms with Gasteiger partial charge in [0, 0.05) is 45.1 Å². The smallest absolute Gasteiger partial charge is 0.274 e. The Labute approximate surface area is 147 Å². The molecule has 0 spiro atoms. The van der Waals surface area contributed by atoms with E-state index in [0.29, 0.717) is 43.6 Å². The molecule has 1 N–H and O–H groups in total. The van der Waals surface area contributed by atoms with Crippen LogP contribution in [-0.4, -0.2) is 63.5 Å². The molecule has 8 heteroatoms. The van der Waals surface area contributed by atoms with Crippen LogP contribution in [0.1, 0.15) is 30.3 Å². The van der Waals surface area contributed by atoms with Gasteiger partial charge in [0.2, 0.25) is 5.95 Å². The molecule has 2 aromatic rings. The van der Waals surface area contributed by atoms with Crippen molar-refractivity contribution >= 4 is 17.7 Å². The van der Waals surface area contributed by atoms with Gasteiger partial charge in [0.25, 0.3) is 5.91 Å². The molecule has 0 saturated carbocycles. The molecular formula is C17H23N7O. The van der Waals surface area contributed by atoms with E-state index in [0.717, 1.165) is 19.4 Å². The average Bonchev–Trinajstić information content (AvgIpc) is 2.69. The Morgan fingerprint density at radius 2 is 1.84 bits per heavy atom.